The summed E-state index contributed by atoms with van der Waals surface area (Å²) >= 11 is 0. The van der Waals surface area contributed by atoms with Crippen LogP contribution < -0.4 is 0 Å². The van der Waals surface area contributed by atoms with Crippen LogP contribution in [0.5, 0.6) is 0 Å². The summed E-state index contributed by atoms with van der Waals surface area (Å²) in [6.45, 7) is 3.35. The average molecular weight is 248 g/mol. The van der Waals surface area contributed by atoms with Gasteiger partial charge in [0.1, 0.15) is 0 Å². The van der Waals surface area contributed by atoms with Gasteiger partial charge in [-0.05, 0) is 39.9 Å². The smallest absolute Gasteiger partial charge is 0.262 e. The summed E-state index contributed by atoms with van der Waals surface area (Å²) < 4.78 is 26.9. The van der Waals surface area contributed by atoms with E-state index in [2.05, 4.69) is 11.9 Å². The summed E-state index contributed by atoms with van der Waals surface area (Å²) in [6, 6.07) is -0.169. The number of piperidine rings is 1. The number of rotatable bonds is 2. The zero-order valence-corrected chi connectivity index (χ0v) is 10.6. The first-order chi connectivity index (χ1) is 7.89. The van der Waals surface area contributed by atoms with Crippen LogP contribution in [0.1, 0.15) is 26.2 Å². The Kier molecular flexibility index (Phi) is 3.71. The van der Waals surface area contributed by atoms with E-state index in [-0.39, 0.29) is 25.0 Å². The summed E-state index contributed by atoms with van der Waals surface area (Å²) in [7, 11) is 2.06. The molecule has 0 aromatic heterocycles. The van der Waals surface area contributed by atoms with E-state index in [1.54, 1.807) is 6.92 Å². The van der Waals surface area contributed by atoms with E-state index in [0.717, 1.165) is 25.9 Å². The molecule has 100 valence electrons. The molecule has 1 N–H and O–H groups in total. The Hall–Kier alpha value is -0.260. The third-order valence-corrected chi connectivity index (χ3v) is 4.06. The molecular weight excluding hydrogens is 226 g/mol. The molecule has 0 aromatic carbocycles. The molecule has 0 amide bonds. The first-order valence-corrected chi connectivity index (χ1v) is 6.39. The molecule has 2 heterocycles. The van der Waals surface area contributed by atoms with Gasteiger partial charge in [-0.15, -0.1) is 0 Å². The molecule has 17 heavy (non-hydrogen) atoms. The number of hydrogen-bond donors (Lipinski definition) is 1. The lowest BCUT2D eigenvalue weighted by atomic mass is 10.0. The average Bonchev–Trinajstić information content (AvgIpc) is 2.56. The van der Waals surface area contributed by atoms with Gasteiger partial charge in [0.15, 0.2) is 0 Å². The van der Waals surface area contributed by atoms with E-state index in [1.165, 1.54) is 0 Å². The van der Waals surface area contributed by atoms with Crippen molar-refractivity contribution in [2.45, 2.75) is 50.3 Å². The molecule has 0 aliphatic carbocycles. The highest BCUT2D eigenvalue weighted by molar-refractivity contribution is 4.97. The standard InChI is InChI=1S/C12H22F2N2O/c1-9(17)11-7-12(13,14)8-16(11)10-3-5-15(2)6-4-10/h9-11,17H,3-8H2,1-2H3. The minimum Gasteiger partial charge on any atom is -0.392 e. The quantitative estimate of drug-likeness (QED) is 0.794. The van der Waals surface area contributed by atoms with Gasteiger partial charge in [0.2, 0.25) is 0 Å². The van der Waals surface area contributed by atoms with Crippen LogP contribution in [0.4, 0.5) is 8.78 Å². The predicted octanol–water partition coefficient (Wildman–Crippen LogP) is 1.17. The molecule has 2 unspecified atom stereocenters. The molecule has 0 saturated carbocycles. The van der Waals surface area contributed by atoms with Gasteiger partial charge in [0.05, 0.1) is 12.6 Å². The van der Waals surface area contributed by atoms with Crippen LogP contribution >= 0.6 is 0 Å². The minimum absolute atomic E-state index is 0.184. The van der Waals surface area contributed by atoms with Crippen molar-refractivity contribution in [1.29, 1.82) is 0 Å². The Bertz CT molecular complexity index is 265. The Morgan fingerprint density at radius 1 is 1.29 bits per heavy atom. The van der Waals surface area contributed by atoms with Gasteiger partial charge in [-0.3, -0.25) is 4.90 Å². The first-order valence-electron chi connectivity index (χ1n) is 6.39. The highest BCUT2D eigenvalue weighted by atomic mass is 19.3. The van der Waals surface area contributed by atoms with Gasteiger partial charge >= 0.3 is 0 Å². The maximum absolute atomic E-state index is 13.5. The molecular formula is C12H22F2N2O. The van der Waals surface area contributed by atoms with Crippen molar-refractivity contribution in [2.75, 3.05) is 26.7 Å². The molecule has 2 saturated heterocycles. The number of alkyl halides is 2. The highest BCUT2D eigenvalue weighted by Crippen LogP contribution is 2.36. The minimum atomic E-state index is -2.63. The Morgan fingerprint density at radius 3 is 2.41 bits per heavy atom. The van der Waals surface area contributed by atoms with Crippen LogP contribution in [0.2, 0.25) is 0 Å². The first kappa shape index (κ1) is 13.2. The molecule has 2 aliphatic heterocycles. The maximum atomic E-state index is 13.5. The lowest BCUT2D eigenvalue weighted by Gasteiger charge is -2.38. The van der Waals surface area contributed by atoms with Gasteiger partial charge in [-0.2, -0.15) is 0 Å². The Morgan fingerprint density at radius 2 is 1.88 bits per heavy atom. The van der Waals surface area contributed by atoms with E-state index < -0.39 is 12.0 Å². The number of likely N-dealkylation sites (tertiary alicyclic amines) is 2. The van der Waals surface area contributed by atoms with Crippen molar-refractivity contribution in [1.82, 2.24) is 9.80 Å². The molecule has 2 fully saturated rings. The van der Waals surface area contributed by atoms with Crippen LogP contribution in [-0.4, -0.2) is 65.7 Å². The molecule has 2 atom stereocenters. The van der Waals surface area contributed by atoms with Crippen molar-refractivity contribution in [3.63, 3.8) is 0 Å². The van der Waals surface area contributed by atoms with E-state index in [1.807, 2.05) is 4.90 Å². The van der Waals surface area contributed by atoms with Gasteiger partial charge in [0, 0.05) is 18.5 Å². The highest BCUT2D eigenvalue weighted by Gasteiger charge is 2.48. The fraction of sp³-hybridized carbons (Fsp3) is 1.00. The number of halogens is 2. The van der Waals surface area contributed by atoms with Crippen LogP contribution in [0.15, 0.2) is 0 Å². The molecule has 0 radical (unpaired) electrons. The Balaban J connectivity index is 2.03. The normalized spacial score (nSPS) is 34.1. The number of aliphatic hydroxyl groups is 1. The lowest BCUT2D eigenvalue weighted by Crippen LogP contribution is -2.49. The molecule has 3 nitrogen and oxygen atoms in total. The number of aliphatic hydroxyl groups excluding tert-OH is 1. The summed E-state index contributed by atoms with van der Waals surface area (Å²) in [6.07, 6.45) is 0.978. The van der Waals surface area contributed by atoms with E-state index in [0.29, 0.717) is 0 Å². The monoisotopic (exact) mass is 248 g/mol. The van der Waals surface area contributed by atoms with Gasteiger partial charge in [-0.1, -0.05) is 0 Å². The molecule has 0 bridgehead atoms. The van der Waals surface area contributed by atoms with Gasteiger partial charge < -0.3 is 10.0 Å². The summed E-state index contributed by atoms with van der Waals surface area (Å²) in [5.41, 5.74) is 0. The predicted molar refractivity (Wildman–Crippen MR) is 62.3 cm³/mol. The SMILES string of the molecule is CC(O)C1CC(F)(F)CN1C1CCN(C)CC1. The number of nitrogens with zero attached hydrogens (tertiary/aromatic N) is 2. The zero-order chi connectivity index (χ0) is 12.6. The van der Waals surface area contributed by atoms with Gasteiger partial charge in [0.25, 0.3) is 5.92 Å². The third-order valence-electron chi connectivity index (χ3n) is 4.06. The van der Waals surface area contributed by atoms with E-state index >= 15 is 0 Å². The van der Waals surface area contributed by atoms with Crippen LogP contribution in [0, 0.1) is 0 Å². The second-order valence-electron chi connectivity index (χ2n) is 5.57. The molecule has 2 rings (SSSR count). The van der Waals surface area contributed by atoms with Gasteiger partial charge in [-0.25, -0.2) is 8.78 Å². The van der Waals surface area contributed by atoms with Crippen molar-refractivity contribution in [2.24, 2.45) is 0 Å². The second kappa shape index (κ2) is 4.78. The van der Waals surface area contributed by atoms with E-state index in [9.17, 15) is 13.9 Å². The lowest BCUT2D eigenvalue weighted by molar-refractivity contribution is 0.00329. The fourth-order valence-corrected chi connectivity index (χ4v) is 3.05. The van der Waals surface area contributed by atoms with Crippen molar-refractivity contribution in [3.05, 3.63) is 0 Å². The third kappa shape index (κ3) is 2.95. The largest absolute Gasteiger partial charge is 0.392 e. The van der Waals surface area contributed by atoms with Crippen molar-refractivity contribution in [3.8, 4) is 0 Å². The number of hydrogen-bond acceptors (Lipinski definition) is 3. The second-order valence-corrected chi connectivity index (χ2v) is 5.57. The van der Waals surface area contributed by atoms with Crippen LogP contribution in [0.25, 0.3) is 0 Å². The van der Waals surface area contributed by atoms with Crippen LogP contribution in [-0.2, 0) is 0 Å². The summed E-state index contributed by atoms with van der Waals surface area (Å²) in [4.78, 5) is 4.07. The molecule has 0 aromatic rings. The van der Waals surface area contributed by atoms with Crippen molar-refractivity contribution >= 4 is 0 Å². The topological polar surface area (TPSA) is 26.7 Å². The molecule has 2 aliphatic rings. The van der Waals surface area contributed by atoms with E-state index in [4.69, 9.17) is 0 Å². The zero-order valence-electron chi connectivity index (χ0n) is 10.6. The summed E-state index contributed by atoms with van der Waals surface area (Å²) in [5.74, 6) is -2.63. The molecule has 5 heteroatoms. The van der Waals surface area contributed by atoms with Crippen LogP contribution in [0.3, 0.4) is 0 Å². The molecule has 0 spiro atoms. The maximum Gasteiger partial charge on any atom is 0.262 e. The van der Waals surface area contributed by atoms with Crippen molar-refractivity contribution < 1.29 is 13.9 Å². The summed E-state index contributed by atoms with van der Waals surface area (Å²) in [5, 5.41) is 9.65. The Labute approximate surface area is 101 Å². The fourth-order valence-electron chi connectivity index (χ4n) is 3.05.